The van der Waals surface area contributed by atoms with Gasteiger partial charge >= 0.3 is 0 Å². The molecule has 0 radical (unpaired) electrons. The second-order valence-electron chi connectivity index (χ2n) is 8.84. The van der Waals surface area contributed by atoms with E-state index in [1.54, 1.807) is 0 Å². The second kappa shape index (κ2) is 9.06. The predicted molar refractivity (Wildman–Crippen MR) is 134 cm³/mol. The minimum atomic E-state index is 0.0873. The summed E-state index contributed by atoms with van der Waals surface area (Å²) in [6.45, 7) is 6.74. The van der Waals surface area contributed by atoms with Crippen molar-refractivity contribution in [1.82, 2.24) is 0 Å². The van der Waals surface area contributed by atoms with E-state index in [0.717, 1.165) is 17.1 Å². The fourth-order valence-electron chi connectivity index (χ4n) is 3.78. The van der Waals surface area contributed by atoms with Crippen molar-refractivity contribution in [2.24, 2.45) is 5.41 Å². The van der Waals surface area contributed by atoms with Gasteiger partial charge in [-0.15, -0.1) is 0 Å². The Balaban J connectivity index is 1.77. The van der Waals surface area contributed by atoms with Gasteiger partial charge in [0.1, 0.15) is 0 Å². The van der Waals surface area contributed by atoms with Crippen LogP contribution < -0.4 is 4.90 Å². The van der Waals surface area contributed by atoms with Gasteiger partial charge in [0, 0.05) is 17.1 Å². The number of allylic oxidation sites excluding steroid dienone is 1. The van der Waals surface area contributed by atoms with Crippen LogP contribution in [0.4, 0.5) is 17.1 Å². The lowest BCUT2D eigenvalue weighted by molar-refractivity contribution is 0.546. The maximum Gasteiger partial charge on any atom is 0.0462 e. The molecule has 4 aromatic carbocycles. The summed E-state index contributed by atoms with van der Waals surface area (Å²) in [6.07, 6.45) is 2.36. The Bertz CT molecular complexity index is 1080. The average Bonchev–Trinajstić information content (AvgIpc) is 2.80. The highest BCUT2D eigenvalue weighted by molar-refractivity contribution is 5.82. The number of hydrogen-bond acceptors (Lipinski definition) is 1. The normalized spacial score (nSPS) is 11.9. The fourth-order valence-corrected chi connectivity index (χ4v) is 3.78. The maximum absolute atomic E-state index is 2.36. The molecule has 0 aliphatic heterocycles. The SMILES string of the molecule is CC(C)(C)/C=C(\c1ccccc1)c1ccc(N(c2ccccc2)c2ccccc2)cc1. The molecule has 0 saturated heterocycles. The molecule has 0 aromatic heterocycles. The van der Waals surface area contributed by atoms with Gasteiger partial charge in [0.05, 0.1) is 0 Å². The molecule has 0 bridgehead atoms. The van der Waals surface area contributed by atoms with Crippen molar-refractivity contribution >= 4 is 22.6 Å². The summed E-state index contributed by atoms with van der Waals surface area (Å²) in [5, 5.41) is 0. The van der Waals surface area contributed by atoms with Gasteiger partial charge in [-0.1, -0.05) is 106 Å². The zero-order chi connectivity index (χ0) is 21.7. The highest BCUT2D eigenvalue weighted by Crippen LogP contribution is 2.36. The van der Waals surface area contributed by atoms with Crippen LogP contribution in [0.15, 0.2) is 121 Å². The number of rotatable bonds is 5. The van der Waals surface area contributed by atoms with Crippen molar-refractivity contribution in [2.75, 3.05) is 4.90 Å². The molecular weight excluding hydrogens is 374 g/mol. The monoisotopic (exact) mass is 403 g/mol. The topological polar surface area (TPSA) is 3.24 Å². The third-order valence-corrected chi connectivity index (χ3v) is 5.13. The van der Waals surface area contributed by atoms with Gasteiger partial charge in [-0.3, -0.25) is 0 Å². The van der Waals surface area contributed by atoms with Gasteiger partial charge in [0.25, 0.3) is 0 Å². The molecule has 0 heterocycles. The van der Waals surface area contributed by atoms with Crippen LogP contribution in [-0.4, -0.2) is 0 Å². The van der Waals surface area contributed by atoms with Crippen LogP contribution in [0.2, 0.25) is 0 Å². The number of anilines is 3. The lowest BCUT2D eigenvalue weighted by Gasteiger charge is -2.26. The van der Waals surface area contributed by atoms with E-state index in [0.29, 0.717) is 0 Å². The van der Waals surface area contributed by atoms with E-state index in [-0.39, 0.29) is 5.41 Å². The summed E-state index contributed by atoms with van der Waals surface area (Å²) in [6, 6.07) is 40.6. The Morgan fingerprint density at radius 1 is 0.516 bits per heavy atom. The Kier molecular flexibility index (Phi) is 6.04. The summed E-state index contributed by atoms with van der Waals surface area (Å²) in [5.74, 6) is 0. The van der Waals surface area contributed by atoms with Crippen molar-refractivity contribution in [3.05, 3.63) is 132 Å². The third-order valence-electron chi connectivity index (χ3n) is 5.13. The Morgan fingerprint density at radius 2 is 0.903 bits per heavy atom. The zero-order valence-electron chi connectivity index (χ0n) is 18.5. The lowest BCUT2D eigenvalue weighted by Crippen LogP contribution is -2.09. The molecule has 0 spiro atoms. The van der Waals surface area contributed by atoms with Gasteiger partial charge in [-0.25, -0.2) is 0 Å². The van der Waals surface area contributed by atoms with Crippen LogP contribution >= 0.6 is 0 Å². The standard InChI is InChI=1S/C30H29N/c1-30(2,3)23-29(24-13-7-4-8-14-24)25-19-21-28(22-20-25)31(26-15-9-5-10-16-26)27-17-11-6-12-18-27/h4-23H,1-3H3/b29-23+. The Morgan fingerprint density at radius 3 is 1.35 bits per heavy atom. The Hall–Kier alpha value is -3.58. The van der Waals surface area contributed by atoms with E-state index in [2.05, 4.69) is 147 Å². The molecule has 0 aliphatic rings. The van der Waals surface area contributed by atoms with Crippen LogP contribution in [0.5, 0.6) is 0 Å². The van der Waals surface area contributed by atoms with Crippen LogP contribution in [0.25, 0.3) is 5.57 Å². The highest BCUT2D eigenvalue weighted by Gasteiger charge is 2.15. The molecule has 0 unspecified atom stereocenters. The summed E-state index contributed by atoms with van der Waals surface area (Å²) >= 11 is 0. The Labute approximate surface area is 186 Å². The summed E-state index contributed by atoms with van der Waals surface area (Å²) in [7, 11) is 0. The van der Waals surface area contributed by atoms with Crippen LogP contribution in [0, 0.1) is 5.41 Å². The number of hydrogen-bond donors (Lipinski definition) is 0. The van der Waals surface area contributed by atoms with Gasteiger partial charge < -0.3 is 4.90 Å². The summed E-state index contributed by atoms with van der Waals surface area (Å²) < 4.78 is 0. The summed E-state index contributed by atoms with van der Waals surface area (Å²) in [4.78, 5) is 2.29. The van der Waals surface area contributed by atoms with Gasteiger partial charge in [0.15, 0.2) is 0 Å². The minimum absolute atomic E-state index is 0.0873. The van der Waals surface area contributed by atoms with Crippen LogP contribution in [0.3, 0.4) is 0 Å². The number of benzene rings is 4. The number of nitrogens with zero attached hydrogens (tertiary/aromatic N) is 1. The molecule has 0 aliphatic carbocycles. The molecule has 1 heteroatoms. The number of para-hydroxylation sites is 2. The average molecular weight is 404 g/mol. The molecular formula is C30H29N. The zero-order valence-corrected chi connectivity index (χ0v) is 18.5. The van der Waals surface area contributed by atoms with E-state index in [1.165, 1.54) is 16.7 Å². The third kappa shape index (κ3) is 5.13. The maximum atomic E-state index is 2.36. The van der Waals surface area contributed by atoms with Crippen LogP contribution in [0.1, 0.15) is 31.9 Å². The van der Waals surface area contributed by atoms with E-state index in [1.807, 2.05) is 0 Å². The lowest BCUT2D eigenvalue weighted by atomic mass is 9.88. The van der Waals surface area contributed by atoms with Gasteiger partial charge in [0.2, 0.25) is 0 Å². The summed E-state index contributed by atoms with van der Waals surface area (Å²) in [5.41, 5.74) is 7.27. The van der Waals surface area contributed by atoms with Gasteiger partial charge in [-0.05, 0) is 58.5 Å². The molecule has 154 valence electrons. The van der Waals surface area contributed by atoms with Crippen LogP contribution in [-0.2, 0) is 0 Å². The molecule has 31 heavy (non-hydrogen) atoms. The first-order valence-corrected chi connectivity index (χ1v) is 10.8. The molecule has 0 N–H and O–H groups in total. The quantitative estimate of drug-likeness (QED) is 0.322. The smallest absolute Gasteiger partial charge is 0.0462 e. The van der Waals surface area contributed by atoms with Gasteiger partial charge in [-0.2, -0.15) is 0 Å². The fraction of sp³-hybridized carbons (Fsp3) is 0.133. The first kappa shape index (κ1) is 20.7. The minimum Gasteiger partial charge on any atom is -0.311 e. The molecule has 0 fully saturated rings. The second-order valence-corrected chi connectivity index (χ2v) is 8.84. The molecule has 1 nitrogen and oxygen atoms in total. The first-order chi connectivity index (χ1) is 15.0. The van der Waals surface area contributed by atoms with Crippen molar-refractivity contribution < 1.29 is 0 Å². The molecule has 0 saturated carbocycles. The van der Waals surface area contributed by atoms with Crippen molar-refractivity contribution in [1.29, 1.82) is 0 Å². The molecule has 4 aromatic rings. The predicted octanol–water partition coefficient (Wildman–Crippen LogP) is 8.63. The van der Waals surface area contributed by atoms with Crippen molar-refractivity contribution in [3.63, 3.8) is 0 Å². The van der Waals surface area contributed by atoms with Crippen molar-refractivity contribution in [2.45, 2.75) is 20.8 Å². The molecule has 4 rings (SSSR count). The van der Waals surface area contributed by atoms with E-state index in [9.17, 15) is 0 Å². The van der Waals surface area contributed by atoms with E-state index < -0.39 is 0 Å². The van der Waals surface area contributed by atoms with E-state index >= 15 is 0 Å². The molecule has 0 atom stereocenters. The highest BCUT2D eigenvalue weighted by atomic mass is 15.1. The molecule has 0 amide bonds. The van der Waals surface area contributed by atoms with E-state index in [4.69, 9.17) is 0 Å². The largest absolute Gasteiger partial charge is 0.311 e. The van der Waals surface area contributed by atoms with Crippen molar-refractivity contribution in [3.8, 4) is 0 Å². The first-order valence-electron chi connectivity index (χ1n) is 10.8.